The SMILES string of the molecule is O=C(O)c1cccc2c1ncn2-c1ccc(I)cc1. The topological polar surface area (TPSA) is 55.1 Å². The molecule has 0 amide bonds. The van der Waals surface area contributed by atoms with Crippen LogP contribution in [-0.2, 0) is 0 Å². The molecule has 4 nitrogen and oxygen atoms in total. The lowest BCUT2D eigenvalue weighted by Gasteiger charge is -2.04. The number of carboxylic acid groups (broad SMARTS) is 1. The predicted molar refractivity (Wildman–Crippen MR) is 80.7 cm³/mol. The highest BCUT2D eigenvalue weighted by molar-refractivity contribution is 14.1. The molecule has 0 saturated heterocycles. The molecule has 0 aliphatic carbocycles. The second-order valence-corrected chi connectivity index (χ2v) is 5.32. The first kappa shape index (κ1) is 12.2. The minimum absolute atomic E-state index is 0.224. The van der Waals surface area contributed by atoms with Crippen LogP contribution < -0.4 is 0 Å². The van der Waals surface area contributed by atoms with Crippen molar-refractivity contribution in [2.24, 2.45) is 0 Å². The third-order valence-electron chi connectivity index (χ3n) is 2.91. The number of fused-ring (bicyclic) bond motifs is 1. The molecule has 19 heavy (non-hydrogen) atoms. The van der Waals surface area contributed by atoms with Gasteiger partial charge >= 0.3 is 5.97 Å². The third kappa shape index (κ3) is 2.10. The van der Waals surface area contributed by atoms with Crippen molar-refractivity contribution < 1.29 is 9.90 Å². The molecule has 5 heteroatoms. The zero-order valence-corrected chi connectivity index (χ0v) is 11.9. The van der Waals surface area contributed by atoms with E-state index < -0.39 is 5.97 Å². The summed E-state index contributed by atoms with van der Waals surface area (Å²) in [6.07, 6.45) is 1.65. The van der Waals surface area contributed by atoms with Crippen LogP contribution >= 0.6 is 22.6 Å². The van der Waals surface area contributed by atoms with Crippen LogP contribution in [0, 0.1) is 3.57 Å². The van der Waals surface area contributed by atoms with Gasteiger partial charge in [0.1, 0.15) is 11.8 Å². The van der Waals surface area contributed by atoms with Crippen LogP contribution in [0.15, 0.2) is 48.8 Å². The maximum atomic E-state index is 11.2. The summed E-state index contributed by atoms with van der Waals surface area (Å²) < 4.78 is 3.04. The average molecular weight is 364 g/mol. The Hall–Kier alpha value is -1.89. The van der Waals surface area contributed by atoms with Crippen molar-refractivity contribution in [3.63, 3.8) is 0 Å². The van der Waals surface area contributed by atoms with E-state index in [1.165, 1.54) is 0 Å². The van der Waals surface area contributed by atoms with Gasteiger partial charge in [-0.25, -0.2) is 9.78 Å². The molecule has 3 rings (SSSR count). The summed E-state index contributed by atoms with van der Waals surface area (Å²) in [5, 5.41) is 9.15. The van der Waals surface area contributed by atoms with E-state index in [2.05, 4.69) is 27.6 Å². The molecule has 0 aliphatic heterocycles. The molecule has 0 spiro atoms. The molecule has 2 aromatic carbocycles. The fourth-order valence-corrected chi connectivity index (χ4v) is 2.38. The van der Waals surface area contributed by atoms with Crippen LogP contribution in [0.1, 0.15) is 10.4 Å². The van der Waals surface area contributed by atoms with Crippen LogP contribution in [0.4, 0.5) is 0 Å². The lowest BCUT2D eigenvalue weighted by Crippen LogP contribution is -1.98. The van der Waals surface area contributed by atoms with Crippen molar-refractivity contribution in [1.82, 2.24) is 9.55 Å². The third-order valence-corrected chi connectivity index (χ3v) is 3.63. The standard InChI is InChI=1S/C14H9IN2O2/c15-9-4-6-10(7-5-9)17-8-16-13-11(14(18)19)2-1-3-12(13)17/h1-8H,(H,18,19). The molecule has 0 unspecified atom stereocenters. The van der Waals surface area contributed by atoms with Gasteiger partial charge < -0.3 is 5.11 Å². The Labute approximate surface area is 122 Å². The van der Waals surface area contributed by atoms with Gasteiger partial charge in [-0.3, -0.25) is 4.57 Å². The Morgan fingerprint density at radius 3 is 2.58 bits per heavy atom. The fraction of sp³-hybridized carbons (Fsp3) is 0. The van der Waals surface area contributed by atoms with Gasteiger partial charge in [-0.1, -0.05) is 6.07 Å². The number of imidazole rings is 1. The van der Waals surface area contributed by atoms with Crippen LogP contribution in [0.5, 0.6) is 0 Å². The summed E-state index contributed by atoms with van der Waals surface area (Å²) in [7, 11) is 0. The van der Waals surface area contributed by atoms with E-state index in [1.54, 1.807) is 18.5 Å². The van der Waals surface area contributed by atoms with Gasteiger partial charge in [0, 0.05) is 9.26 Å². The maximum absolute atomic E-state index is 11.2. The summed E-state index contributed by atoms with van der Waals surface area (Å²) in [4.78, 5) is 15.4. The molecule has 1 aromatic heterocycles. The van der Waals surface area contributed by atoms with Gasteiger partial charge in [0.15, 0.2) is 0 Å². The van der Waals surface area contributed by atoms with Gasteiger partial charge in [0.25, 0.3) is 0 Å². The van der Waals surface area contributed by atoms with E-state index in [1.807, 2.05) is 34.9 Å². The number of hydrogen-bond acceptors (Lipinski definition) is 2. The fourth-order valence-electron chi connectivity index (χ4n) is 2.02. The lowest BCUT2D eigenvalue weighted by molar-refractivity contribution is 0.0699. The van der Waals surface area contributed by atoms with Crippen molar-refractivity contribution in [1.29, 1.82) is 0 Å². The number of halogens is 1. The molecular formula is C14H9IN2O2. The summed E-state index contributed by atoms with van der Waals surface area (Å²) in [6, 6.07) is 13.1. The number of aromatic carboxylic acids is 1. The molecule has 1 heterocycles. The highest BCUT2D eigenvalue weighted by Crippen LogP contribution is 2.21. The van der Waals surface area contributed by atoms with Gasteiger partial charge in [0.05, 0.1) is 11.1 Å². The molecule has 3 aromatic rings. The molecule has 0 atom stereocenters. The van der Waals surface area contributed by atoms with Crippen molar-refractivity contribution in [2.75, 3.05) is 0 Å². The molecule has 94 valence electrons. The number of benzene rings is 2. The number of carboxylic acids is 1. The first-order valence-corrected chi connectivity index (χ1v) is 6.70. The molecule has 0 radical (unpaired) electrons. The predicted octanol–water partition coefficient (Wildman–Crippen LogP) is 3.33. The number of aromatic nitrogens is 2. The summed E-state index contributed by atoms with van der Waals surface area (Å²) in [5.41, 5.74) is 2.49. The maximum Gasteiger partial charge on any atom is 0.337 e. The van der Waals surface area contributed by atoms with E-state index in [0.29, 0.717) is 5.52 Å². The zero-order chi connectivity index (χ0) is 13.4. The number of hydrogen-bond donors (Lipinski definition) is 1. The smallest absolute Gasteiger partial charge is 0.337 e. The Bertz CT molecular complexity index is 763. The first-order valence-electron chi connectivity index (χ1n) is 5.62. The second-order valence-electron chi connectivity index (χ2n) is 4.07. The molecular weight excluding hydrogens is 355 g/mol. The zero-order valence-electron chi connectivity index (χ0n) is 9.75. The van der Waals surface area contributed by atoms with Gasteiger partial charge in [-0.15, -0.1) is 0 Å². The van der Waals surface area contributed by atoms with E-state index in [-0.39, 0.29) is 5.56 Å². The summed E-state index contributed by atoms with van der Waals surface area (Å²) in [5.74, 6) is -0.960. The first-order chi connectivity index (χ1) is 9.16. The number of para-hydroxylation sites is 1. The van der Waals surface area contributed by atoms with E-state index in [0.717, 1.165) is 14.8 Å². The second kappa shape index (κ2) is 4.65. The highest BCUT2D eigenvalue weighted by atomic mass is 127. The molecule has 0 fully saturated rings. The summed E-state index contributed by atoms with van der Waals surface area (Å²) in [6.45, 7) is 0. The van der Waals surface area contributed by atoms with E-state index >= 15 is 0 Å². The Balaban J connectivity index is 2.24. The van der Waals surface area contributed by atoms with E-state index in [9.17, 15) is 4.79 Å². The monoisotopic (exact) mass is 364 g/mol. The van der Waals surface area contributed by atoms with Crippen molar-refractivity contribution in [2.45, 2.75) is 0 Å². The normalized spacial score (nSPS) is 10.8. The molecule has 0 saturated carbocycles. The van der Waals surface area contributed by atoms with Crippen molar-refractivity contribution in [3.05, 3.63) is 57.9 Å². The average Bonchev–Trinajstić information content (AvgIpc) is 2.83. The largest absolute Gasteiger partial charge is 0.478 e. The Kier molecular flexibility index (Phi) is 2.98. The quantitative estimate of drug-likeness (QED) is 0.710. The minimum atomic E-state index is -0.960. The van der Waals surface area contributed by atoms with Crippen LogP contribution in [0.25, 0.3) is 16.7 Å². The minimum Gasteiger partial charge on any atom is -0.478 e. The number of rotatable bonds is 2. The summed E-state index contributed by atoms with van der Waals surface area (Å²) >= 11 is 2.24. The highest BCUT2D eigenvalue weighted by Gasteiger charge is 2.12. The lowest BCUT2D eigenvalue weighted by atomic mass is 10.2. The van der Waals surface area contributed by atoms with Crippen LogP contribution in [-0.4, -0.2) is 20.6 Å². The molecule has 1 N–H and O–H groups in total. The number of carbonyl (C=O) groups is 1. The molecule has 0 aliphatic rings. The van der Waals surface area contributed by atoms with Crippen LogP contribution in [0.3, 0.4) is 0 Å². The van der Waals surface area contributed by atoms with Gasteiger partial charge in [-0.05, 0) is 59.0 Å². The Morgan fingerprint density at radius 1 is 1.16 bits per heavy atom. The number of nitrogens with zero attached hydrogens (tertiary/aromatic N) is 2. The Morgan fingerprint density at radius 2 is 1.89 bits per heavy atom. The van der Waals surface area contributed by atoms with Crippen molar-refractivity contribution >= 4 is 39.6 Å². The van der Waals surface area contributed by atoms with Crippen molar-refractivity contribution in [3.8, 4) is 5.69 Å². The molecule has 0 bridgehead atoms. The van der Waals surface area contributed by atoms with E-state index in [4.69, 9.17) is 5.11 Å². The van der Waals surface area contributed by atoms with Gasteiger partial charge in [0.2, 0.25) is 0 Å². The van der Waals surface area contributed by atoms with Crippen LogP contribution in [0.2, 0.25) is 0 Å². The van der Waals surface area contributed by atoms with Gasteiger partial charge in [-0.2, -0.15) is 0 Å².